The summed E-state index contributed by atoms with van der Waals surface area (Å²) in [4.78, 5) is -0.278. The van der Waals surface area contributed by atoms with Gasteiger partial charge in [-0.1, -0.05) is 0 Å². The zero-order valence-electron chi connectivity index (χ0n) is 3.59. The summed E-state index contributed by atoms with van der Waals surface area (Å²) in [6.07, 6.45) is 0. The van der Waals surface area contributed by atoms with Gasteiger partial charge in [-0.15, -0.1) is 11.6 Å². The molecule has 0 aromatic rings. The average Bonchev–Trinajstić information content (AvgIpc) is 0.722. The van der Waals surface area contributed by atoms with Crippen LogP contribution < -0.4 is 0 Å². The standard InChI is InChI=1S/C4H8Cl/c1-4(2,3)5/h1H2,2-3H3. The third-order valence-corrected chi connectivity index (χ3v) is 0. The minimum absolute atomic E-state index is 0.278. The lowest BCUT2D eigenvalue weighted by atomic mass is 10.3. The van der Waals surface area contributed by atoms with Gasteiger partial charge in [0, 0.05) is 4.87 Å². The molecule has 31 valence electrons. The predicted octanol–water partition coefficient (Wildman–Crippen LogP) is 1.84. The van der Waals surface area contributed by atoms with Gasteiger partial charge in [-0.25, -0.2) is 0 Å². The second kappa shape index (κ2) is 1.17. The van der Waals surface area contributed by atoms with Crippen LogP contribution in [0.2, 0.25) is 0 Å². The van der Waals surface area contributed by atoms with Crippen LogP contribution in [0.25, 0.3) is 0 Å². The molecule has 0 rings (SSSR count). The molecule has 0 aromatic carbocycles. The van der Waals surface area contributed by atoms with E-state index in [2.05, 4.69) is 6.92 Å². The van der Waals surface area contributed by atoms with E-state index in [0.717, 1.165) is 0 Å². The second-order valence-electron chi connectivity index (χ2n) is 1.72. The second-order valence-corrected chi connectivity index (χ2v) is 2.74. The summed E-state index contributed by atoms with van der Waals surface area (Å²) in [5.74, 6) is 0. The molecule has 0 fully saturated rings. The summed E-state index contributed by atoms with van der Waals surface area (Å²) in [5.41, 5.74) is 0. The SMILES string of the molecule is [CH2]C(C)(C)Cl. The molecule has 0 bridgehead atoms. The van der Waals surface area contributed by atoms with Gasteiger partial charge in [-0.3, -0.25) is 0 Å². The number of rotatable bonds is 0. The summed E-state index contributed by atoms with van der Waals surface area (Å²) < 4.78 is 0. The average molecular weight is 91.6 g/mol. The normalized spacial score (nSPS) is 12.0. The van der Waals surface area contributed by atoms with Gasteiger partial charge < -0.3 is 0 Å². The van der Waals surface area contributed by atoms with Gasteiger partial charge in [0.2, 0.25) is 0 Å². The van der Waals surface area contributed by atoms with Crippen LogP contribution in [-0.4, -0.2) is 4.87 Å². The fourth-order valence-corrected chi connectivity index (χ4v) is 0. The highest BCUT2D eigenvalue weighted by Crippen LogP contribution is 2.07. The van der Waals surface area contributed by atoms with Crippen molar-refractivity contribution in [3.63, 3.8) is 0 Å². The first-order chi connectivity index (χ1) is 2.00. The van der Waals surface area contributed by atoms with Gasteiger partial charge in [0.1, 0.15) is 0 Å². The molecular weight excluding hydrogens is 83.5 g/mol. The van der Waals surface area contributed by atoms with Gasteiger partial charge in [0.15, 0.2) is 0 Å². The summed E-state index contributed by atoms with van der Waals surface area (Å²) in [6, 6.07) is 0. The highest BCUT2D eigenvalue weighted by molar-refractivity contribution is 6.23. The topological polar surface area (TPSA) is 0 Å². The zero-order chi connectivity index (χ0) is 4.50. The molecule has 0 N–H and O–H groups in total. The van der Waals surface area contributed by atoms with Crippen molar-refractivity contribution < 1.29 is 0 Å². The number of alkyl halides is 1. The lowest BCUT2D eigenvalue weighted by molar-refractivity contribution is 0.878. The van der Waals surface area contributed by atoms with Gasteiger partial charge in [-0.2, -0.15) is 0 Å². The smallest absolute Gasteiger partial charge is 0.0391 e. The van der Waals surface area contributed by atoms with E-state index in [4.69, 9.17) is 11.6 Å². The van der Waals surface area contributed by atoms with Crippen molar-refractivity contribution in [1.29, 1.82) is 0 Å². The molecule has 0 atom stereocenters. The van der Waals surface area contributed by atoms with E-state index < -0.39 is 0 Å². The van der Waals surface area contributed by atoms with Crippen molar-refractivity contribution in [2.45, 2.75) is 18.7 Å². The Morgan fingerprint density at radius 3 is 1.60 bits per heavy atom. The predicted molar refractivity (Wildman–Crippen MR) is 25.3 cm³/mol. The Morgan fingerprint density at radius 2 is 1.60 bits per heavy atom. The molecule has 0 aliphatic rings. The highest BCUT2D eigenvalue weighted by Gasteiger charge is 1.99. The summed E-state index contributed by atoms with van der Waals surface area (Å²) in [7, 11) is 0. The van der Waals surface area contributed by atoms with Gasteiger partial charge in [0.25, 0.3) is 0 Å². The van der Waals surface area contributed by atoms with Crippen molar-refractivity contribution in [1.82, 2.24) is 0 Å². The lowest BCUT2D eigenvalue weighted by Crippen LogP contribution is -1.99. The Morgan fingerprint density at radius 1 is 1.60 bits per heavy atom. The van der Waals surface area contributed by atoms with Crippen LogP contribution in [0.5, 0.6) is 0 Å². The Kier molecular flexibility index (Phi) is 1.24. The molecule has 5 heavy (non-hydrogen) atoms. The molecule has 0 aromatic heterocycles. The van der Waals surface area contributed by atoms with Gasteiger partial charge in [0.05, 0.1) is 0 Å². The van der Waals surface area contributed by atoms with E-state index in [-0.39, 0.29) is 4.87 Å². The summed E-state index contributed by atoms with van der Waals surface area (Å²) in [6.45, 7) is 7.22. The van der Waals surface area contributed by atoms with E-state index in [9.17, 15) is 0 Å². The molecule has 0 aliphatic heterocycles. The minimum atomic E-state index is -0.278. The molecule has 0 saturated heterocycles. The van der Waals surface area contributed by atoms with Crippen LogP contribution in [0.15, 0.2) is 0 Å². The van der Waals surface area contributed by atoms with Crippen LogP contribution in [0, 0.1) is 6.92 Å². The Hall–Kier alpha value is 0.290. The Bertz CT molecular complexity index is 19.1. The molecule has 0 nitrogen and oxygen atoms in total. The Balaban J connectivity index is 3.02. The molecule has 0 aliphatic carbocycles. The molecule has 0 saturated carbocycles. The molecular formula is C4H8Cl. The van der Waals surface area contributed by atoms with Crippen molar-refractivity contribution in [3.8, 4) is 0 Å². The third-order valence-electron chi connectivity index (χ3n) is 0. The first kappa shape index (κ1) is 5.29. The molecule has 0 spiro atoms. The number of hydrogen-bond donors (Lipinski definition) is 0. The lowest BCUT2D eigenvalue weighted by Gasteiger charge is -2.01. The fourth-order valence-electron chi connectivity index (χ4n) is 0. The first-order valence-electron chi connectivity index (χ1n) is 1.54. The fraction of sp³-hybridized carbons (Fsp3) is 0.750. The first-order valence-corrected chi connectivity index (χ1v) is 1.92. The largest absolute Gasteiger partial charge is 0.120 e. The maximum absolute atomic E-state index is 5.42. The maximum atomic E-state index is 5.42. The van der Waals surface area contributed by atoms with Crippen LogP contribution in [0.1, 0.15) is 13.8 Å². The van der Waals surface area contributed by atoms with Gasteiger partial charge >= 0.3 is 0 Å². The maximum Gasteiger partial charge on any atom is 0.0391 e. The summed E-state index contributed by atoms with van der Waals surface area (Å²) in [5, 5.41) is 0. The summed E-state index contributed by atoms with van der Waals surface area (Å²) >= 11 is 5.42. The van der Waals surface area contributed by atoms with Crippen LogP contribution in [-0.2, 0) is 0 Å². The Labute approximate surface area is 38.1 Å². The monoisotopic (exact) mass is 91.0 g/mol. The van der Waals surface area contributed by atoms with Crippen molar-refractivity contribution in [2.24, 2.45) is 0 Å². The van der Waals surface area contributed by atoms with Crippen molar-refractivity contribution in [2.75, 3.05) is 0 Å². The molecule has 0 amide bonds. The van der Waals surface area contributed by atoms with Crippen LogP contribution in [0.4, 0.5) is 0 Å². The molecule has 0 unspecified atom stereocenters. The van der Waals surface area contributed by atoms with Crippen LogP contribution >= 0.6 is 11.6 Å². The van der Waals surface area contributed by atoms with Crippen LogP contribution in [0.3, 0.4) is 0 Å². The quantitative estimate of drug-likeness (QED) is 0.399. The van der Waals surface area contributed by atoms with E-state index >= 15 is 0 Å². The minimum Gasteiger partial charge on any atom is -0.120 e. The van der Waals surface area contributed by atoms with Gasteiger partial charge in [-0.05, 0) is 20.8 Å². The van der Waals surface area contributed by atoms with E-state index in [0.29, 0.717) is 0 Å². The third kappa shape index (κ3) is 268. The van der Waals surface area contributed by atoms with E-state index in [1.807, 2.05) is 13.8 Å². The van der Waals surface area contributed by atoms with Crippen molar-refractivity contribution >= 4 is 11.6 Å². The highest BCUT2D eigenvalue weighted by atomic mass is 35.5. The van der Waals surface area contributed by atoms with E-state index in [1.54, 1.807) is 0 Å². The molecule has 1 heteroatoms. The molecule has 1 radical (unpaired) electrons. The zero-order valence-corrected chi connectivity index (χ0v) is 4.34. The van der Waals surface area contributed by atoms with Crippen molar-refractivity contribution in [3.05, 3.63) is 6.92 Å². The van der Waals surface area contributed by atoms with E-state index in [1.165, 1.54) is 0 Å². The number of halogens is 1. The molecule has 0 heterocycles. The number of hydrogen-bond acceptors (Lipinski definition) is 0.